The van der Waals surface area contributed by atoms with Crippen molar-refractivity contribution in [2.75, 3.05) is 47.5 Å². The van der Waals surface area contributed by atoms with Gasteiger partial charge < -0.3 is 33.6 Å². The van der Waals surface area contributed by atoms with Crippen LogP contribution in [-0.2, 0) is 21.3 Å². The third-order valence-corrected chi connectivity index (χ3v) is 6.32. The van der Waals surface area contributed by atoms with Gasteiger partial charge in [-0.2, -0.15) is 0 Å². The fourth-order valence-corrected chi connectivity index (χ4v) is 4.16. The summed E-state index contributed by atoms with van der Waals surface area (Å²) in [6, 6.07) is 11.5. The molecular weight excluding hydrogens is 508 g/mol. The summed E-state index contributed by atoms with van der Waals surface area (Å²) >= 11 is 0. The Morgan fingerprint density at radius 3 is 2.42 bits per heavy atom. The standard InChI is InChI=1S/C32H38N2O6/c1-22(37-4)16-23(17-25(38-5)21-36-3)12-13-24-18-31(39-6)32(40-7)19-28(24)33-15-14-30(35)27-20-34(2)29-11-9-8-10-26(27)29/h8-20,22,33H,21H2,1-7H3/b13-12-,15-14-,23-16-,25-17+. The van der Waals surface area contributed by atoms with Gasteiger partial charge in [0.2, 0.25) is 0 Å². The van der Waals surface area contributed by atoms with Crippen molar-refractivity contribution < 1.29 is 28.5 Å². The van der Waals surface area contributed by atoms with Crippen molar-refractivity contribution in [3.05, 3.63) is 95.6 Å². The van der Waals surface area contributed by atoms with Crippen LogP contribution in [0.4, 0.5) is 5.69 Å². The second kappa shape index (κ2) is 14.8. The molecule has 0 saturated carbocycles. The predicted molar refractivity (Wildman–Crippen MR) is 160 cm³/mol. The molecule has 8 nitrogen and oxygen atoms in total. The van der Waals surface area contributed by atoms with Gasteiger partial charge in [0.15, 0.2) is 17.3 Å². The summed E-state index contributed by atoms with van der Waals surface area (Å²) in [7, 11) is 9.97. The van der Waals surface area contributed by atoms with Crippen molar-refractivity contribution in [1.29, 1.82) is 0 Å². The van der Waals surface area contributed by atoms with E-state index in [4.69, 9.17) is 23.7 Å². The predicted octanol–water partition coefficient (Wildman–Crippen LogP) is 6.16. The molecule has 1 heterocycles. The lowest BCUT2D eigenvalue weighted by Gasteiger charge is -2.13. The Morgan fingerprint density at radius 1 is 1.02 bits per heavy atom. The number of allylic oxidation sites excluding steroid dienone is 4. The number of ketones is 1. The summed E-state index contributed by atoms with van der Waals surface area (Å²) in [5.41, 5.74) is 4.05. The Bertz CT molecular complexity index is 1430. The van der Waals surface area contributed by atoms with Crippen molar-refractivity contribution in [3.8, 4) is 11.5 Å². The zero-order chi connectivity index (χ0) is 29.1. The van der Waals surface area contributed by atoms with E-state index >= 15 is 0 Å². The third kappa shape index (κ3) is 7.65. The summed E-state index contributed by atoms with van der Waals surface area (Å²) in [5.74, 6) is 1.70. The van der Waals surface area contributed by atoms with Crippen LogP contribution in [0.15, 0.2) is 84.4 Å². The maximum atomic E-state index is 13.1. The van der Waals surface area contributed by atoms with E-state index < -0.39 is 0 Å². The van der Waals surface area contributed by atoms with Crippen LogP contribution in [0.1, 0.15) is 22.8 Å². The molecule has 0 radical (unpaired) electrons. The largest absolute Gasteiger partial charge is 0.499 e. The van der Waals surface area contributed by atoms with Crippen LogP contribution in [0.25, 0.3) is 17.0 Å². The van der Waals surface area contributed by atoms with Crippen LogP contribution in [0.3, 0.4) is 0 Å². The number of carbonyl (C=O) groups excluding carboxylic acids is 1. The first kappa shape index (κ1) is 30.3. The Balaban J connectivity index is 1.95. The zero-order valence-electron chi connectivity index (χ0n) is 24.2. The monoisotopic (exact) mass is 546 g/mol. The molecule has 8 heteroatoms. The number of rotatable bonds is 14. The van der Waals surface area contributed by atoms with Crippen molar-refractivity contribution in [2.24, 2.45) is 7.05 Å². The van der Waals surface area contributed by atoms with Gasteiger partial charge in [-0.3, -0.25) is 4.79 Å². The van der Waals surface area contributed by atoms with Gasteiger partial charge in [-0.1, -0.05) is 30.4 Å². The molecule has 0 aliphatic heterocycles. The van der Waals surface area contributed by atoms with Crippen molar-refractivity contribution in [3.63, 3.8) is 0 Å². The molecule has 1 unspecified atom stereocenters. The van der Waals surface area contributed by atoms with Crippen molar-refractivity contribution >= 4 is 28.4 Å². The normalized spacial score (nSPS) is 13.3. The van der Waals surface area contributed by atoms with Crippen LogP contribution in [-0.4, -0.2) is 58.6 Å². The molecule has 0 spiro atoms. The number of carbonyl (C=O) groups is 1. The number of anilines is 1. The minimum absolute atomic E-state index is 0.101. The molecule has 2 aromatic carbocycles. The first-order valence-electron chi connectivity index (χ1n) is 12.8. The number of benzene rings is 2. The molecule has 1 aromatic heterocycles. The molecule has 212 valence electrons. The molecule has 0 saturated heterocycles. The number of fused-ring (bicyclic) bond motifs is 1. The highest BCUT2D eigenvalue weighted by Crippen LogP contribution is 2.34. The number of nitrogens with one attached hydrogen (secondary N) is 1. The Hall–Kier alpha value is -4.27. The zero-order valence-corrected chi connectivity index (χ0v) is 24.2. The minimum atomic E-state index is -0.123. The first-order chi connectivity index (χ1) is 19.3. The molecule has 3 aromatic rings. The molecule has 1 N–H and O–H groups in total. The average molecular weight is 547 g/mol. The lowest BCUT2D eigenvalue weighted by Crippen LogP contribution is -2.02. The quantitative estimate of drug-likeness (QED) is 0.112. The van der Waals surface area contributed by atoms with Gasteiger partial charge >= 0.3 is 0 Å². The summed E-state index contributed by atoms with van der Waals surface area (Å²) in [6.07, 6.45) is 12.6. The van der Waals surface area contributed by atoms with Crippen LogP contribution in [0, 0.1) is 0 Å². The van der Waals surface area contributed by atoms with Gasteiger partial charge in [0, 0.05) is 73.5 Å². The molecule has 3 rings (SSSR count). The highest BCUT2D eigenvalue weighted by Gasteiger charge is 2.12. The van der Waals surface area contributed by atoms with E-state index in [1.165, 1.54) is 6.08 Å². The van der Waals surface area contributed by atoms with Crippen LogP contribution >= 0.6 is 0 Å². The lowest BCUT2D eigenvalue weighted by molar-refractivity contribution is 0.104. The van der Waals surface area contributed by atoms with E-state index in [-0.39, 0.29) is 11.9 Å². The molecule has 0 bridgehead atoms. The minimum Gasteiger partial charge on any atom is -0.499 e. The highest BCUT2D eigenvalue weighted by atomic mass is 16.5. The van der Waals surface area contributed by atoms with Gasteiger partial charge in [0.1, 0.15) is 12.4 Å². The maximum Gasteiger partial charge on any atom is 0.189 e. The van der Waals surface area contributed by atoms with Crippen LogP contribution in [0.5, 0.6) is 11.5 Å². The fraction of sp³-hybridized carbons (Fsp3) is 0.281. The molecule has 1 atom stereocenters. The van der Waals surface area contributed by atoms with Crippen molar-refractivity contribution in [1.82, 2.24) is 4.57 Å². The SMILES string of the molecule is COC\C(=C/C(/C=C\c1cc(OC)c(OC)cc1N/C=C\C(=O)c1cn(C)c2ccccc12)=C\C(C)OC)OC. The van der Waals surface area contributed by atoms with E-state index in [1.807, 2.05) is 85.4 Å². The first-order valence-corrected chi connectivity index (χ1v) is 12.8. The molecule has 0 fully saturated rings. The molecule has 0 aliphatic rings. The van der Waals surface area contributed by atoms with E-state index in [2.05, 4.69) is 5.32 Å². The van der Waals surface area contributed by atoms with E-state index in [1.54, 1.807) is 41.7 Å². The molecule has 40 heavy (non-hydrogen) atoms. The Kier molecular flexibility index (Phi) is 11.2. The number of aromatic nitrogens is 1. The smallest absolute Gasteiger partial charge is 0.189 e. The average Bonchev–Trinajstić information content (AvgIpc) is 3.31. The second-order valence-electron chi connectivity index (χ2n) is 9.00. The van der Waals surface area contributed by atoms with Crippen LogP contribution < -0.4 is 14.8 Å². The van der Waals surface area contributed by atoms with E-state index in [0.717, 1.165) is 27.7 Å². The van der Waals surface area contributed by atoms with Crippen LogP contribution in [0.2, 0.25) is 0 Å². The van der Waals surface area contributed by atoms with E-state index in [0.29, 0.717) is 29.4 Å². The number of methoxy groups -OCH3 is 5. The highest BCUT2D eigenvalue weighted by molar-refractivity contribution is 6.13. The van der Waals surface area contributed by atoms with Gasteiger partial charge in [-0.05, 0) is 36.8 Å². The molecule has 0 amide bonds. The summed E-state index contributed by atoms with van der Waals surface area (Å²) in [4.78, 5) is 13.1. The second-order valence-corrected chi connectivity index (χ2v) is 9.00. The summed E-state index contributed by atoms with van der Waals surface area (Å²) in [5, 5.41) is 4.16. The lowest BCUT2D eigenvalue weighted by atomic mass is 10.1. The number of para-hydroxylation sites is 1. The van der Waals surface area contributed by atoms with Gasteiger partial charge in [-0.15, -0.1) is 0 Å². The number of ether oxygens (including phenoxy) is 5. The number of aryl methyl sites for hydroxylation is 1. The van der Waals surface area contributed by atoms with Gasteiger partial charge in [-0.25, -0.2) is 0 Å². The number of hydrogen-bond donors (Lipinski definition) is 1. The summed E-state index contributed by atoms with van der Waals surface area (Å²) in [6.45, 7) is 2.29. The molecular formula is C32H38N2O6. The van der Waals surface area contributed by atoms with Crippen molar-refractivity contribution in [2.45, 2.75) is 13.0 Å². The Morgan fingerprint density at radius 2 is 1.75 bits per heavy atom. The molecule has 0 aliphatic carbocycles. The topological polar surface area (TPSA) is 80.2 Å². The van der Waals surface area contributed by atoms with Gasteiger partial charge in [0.05, 0.1) is 27.4 Å². The third-order valence-electron chi connectivity index (χ3n) is 6.32. The number of nitrogens with zero attached hydrogens (tertiary/aromatic N) is 1. The maximum absolute atomic E-state index is 13.1. The number of hydrogen-bond acceptors (Lipinski definition) is 7. The summed E-state index contributed by atoms with van der Waals surface area (Å²) < 4.78 is 29.1. The van der Waals surface area contributed by atoms with Gasteiger partial charge in [0.25, 0.3) is 0 Å². The Labute approximate surface area is 236 Å². The van der Waals surface area contributed by atoms with E-state index in [9.17, 15) is 4.79 Å². The fourth-order valence-electron chi connectivity index (χ4n) is 4.16.